The first-order valence-corrected chi connectivity index (χ1v) is 7.66. The van der Waals surface area contributed by atoms with Gasteiger partial charge in [0.2, 0.25) is 0 Å². The van der Waals surface area contributed by atoms with Gasteiger partial charge in [0.05, 0.1) is 11.6 Å². The highest BCUT2D eigenvalue weighted by molar-refractivity contribution is 6.01. The quantitative estimate of drug-likeness (QED) is 0.421. The van der Waals surface area contributed by atoms with E-state index < -0.39 is 5.82 Å². The summed E-state index contributed by atoms with van der Waals surface area (Å²) < 4.78 is 14.1. The van der Waals surface area contributed by atoms with Gasteiger partial charge in [-0.1, -0.05) is 36.4 Å². The molecule has 3 aromatic carbocycles. The minimum atomic E-state index is -0.391. The third kappa shape index (κ3) is 4.02. The summed E-state index contributed by atoms with van der Waals surface area (Å²) in [6.07, 6.45) is 0.740. The molecule has 0 heterocycles. The molecule has 0 saturated carbocycles. The average Bonchev–Trinajstić information content (AvgIpc) is 2.67. The molecule has 6 heteroatoms. The molecule has 0 aliphatic rings. The molecule has 3 aromatic rings. The lowest BCUT2D eigenvalue weighted by atomic mass is 9.92. The van der Waals surface area contributed by atoms with Crippen molar-refractivity contribution in [3.8, 4) is 17.2 Å². The number of fused-ring (bicyclic) bond motifs is 1. The van der Waals surface area contributed by atoms with Crippen LogP contribution in [-0.2, 0) is 0 Å². The number of halogens is 1. The molecule has 0 spiro atoms. The second kappa shape index (κ2) is 8.40. The van der Waals surface area contributed by atoms with Crippen molar-refractivity contribution in [2.24, 2.45) is 16.5 Å². The van der Waals surface area contributed by atoms with E-state index in [2.05, 4.69) is 11.1 Å². The molecular weight excluding hydrogens is 331 g/mol. The summed E-state index contributed by atoms with van der Waals surface area (Å²) >= 11 is 0. The third-order valence-corrected chi connectivity index (χ3v) is 3.70. The van der Waals surface area contributed by atoms with Crippen LogP contribution in [0.3, 0.4) is 0 Å². The Balaban J connectivity index is 0.000000431. The molecular formula is C20H17FN4O. The van der Waals surface area contributed by atoms with E-state index in [0.29, 0.717) is 27.6 Å². The normalized spacial score (nSPS) is 9.58. The first-order chi connectivity index (χ1) is 12.5. The molecule has 0 unspecified atom stereocenters. The van der Waals surface area contributed by atoms with Crippen LogP contribution in [0.5, 0.6) is 0 Å². The second-order valence-electron chi connectivity index (χ2n) is 5.33. The number of nitrogens with two attached hydrogens (primary N) is 2. The van der Waals surface area contributed by atoms with Gasteiger partial charge in [0.1, 0.15) is 12.1 Å². The maximum atomic E-state index is 14.1. The highest BCUT2D eigenvalue weighted by atomic mass is 19.1. The summed E-state index contributed by atoms with van der Waals surface area (Å²) in [7, 11) is 1.54. The van der Waals surface area contributed by atoms with Crippen molar-refractivity contribution in [2.75, 3.05) is 7.05 Å². The number of carbonyl (C=O) groups excluding carboxylic acids is 1. The highest BCUT2D eigenvalue weighted by Crippen LogP contribution is 2.33. The number of rotatable bonds is 2. The Kier molecular flexibility index (Phi) is 6.01. The van der Waals surface area contributed by atoms with Crippen molar-refractivity contribution in [1.82, 2.24) is 0 Å². The first-order valence-electron chi connectivity index (χ1n) is 7.66. The Hall–Kier alpha value is -3.72. The topological polar surface area (TPSA) is 105 Å². The second-order valence-corrected chi connectivity index (χ2v) is 5.33. The van der Waals surface area contributed by atoms with Crippen molar-refractivity contribution in [3.63, 3.8) is 0 Å². The van der Waals surface area contributed by atoms with Gasteiger partial charge in [-0.2, -0.15) is 5.26 Å². The Bertz CT molecular complexity index is 1020. The Morgan fingerprint density at radius 1 is 1.15 bits per heavy atom. The summed E-state index contributed by atoms with van der Waals surface area (Å²) in [5.41, 5.74) is 11.4. The molecule has 0 aromatic heterocycles. The standard InChI is InChI=1S/C18H10FNO.C2H7N3/c19-17-4-2-1-3-15(17)18-14(10-20)8-7-13-6-5-12(11-21)9-16(13)18;1-5-2(3)4/h1-9,11H;1H3,(H4,3,4,5). The van der Waals surface area contributed by atoms with Crippen molar-refractivity contribution >= 4 is 23.0 Å². The van der Waals surface area contributed by atoms with Gasteiger partial charge in [0, 0.05) is 23.7 Å². The van der Waals surface area contributed by atoms with E-state index in [9.17, 15) is 14.4 Å². The number of nitrogens with zero attached hydrogens (tertiary/aromatic N) is 2. The van der Waals surface area contributed by atoms with Gasteiger partial charge >= 0.3 is 0 Å². The summed E-state index contributed by atoms with van der Waals surface area (Å²) in [6.45, 7) is 0. The summed E-state index contributed by atoms with van der Waals surface area (Å²) in [6, 6.07) is 17.1. The number of hydrogen-bond acceptors (Lipinski definition) is 3. The van der Waals surface area contributed by atoms with Crippen LogP contribution in [0.1, 0.15) is 15.9 Å². The van der Waals surface area contributed by atoms with E-state index in [1.54, 1.807) is 48.5 Å². The molecule has 4 N–H and O–H groups in total. The average molecular weight is 348 g/mol. The van der Waals surface area contributed by atoms with Gasteiger partial charge in [-0.15, -0.1) is 0 Å². The van der Waals surface area contributed by atoms with Gasteiger partial charge in [-0.3, -0.25) is 9.79 Å². The van der Waals surface area contributed by atoms with Crippen LogP contribution < -0.4 is 11.5 Å². The van der Waals surface area contributed by atoms with Crippen LogP contribution in [0, 0.1) is 17.1 Å². The number of hydrogen-bond donors (Lipinski definition) is 2. The van der Waals surface area contributed by atoms with Crippen molar-refractivity contribution in [1.29, 1.82) is 5.26 Å². The molecule has 130 valence electrons. The monoisotopic (exact) mass is 348 g/mol. The van der Waals surface area contributed by atoms with Gasteiger partial charge in [0.15, 0.2) is 5.96 Å². The van der Waals surface area contributed by atoms with E-state index in [4.69, 9.17) is 11.5 Å². The van der Waals surface area contributed by atoms with E-state index in [0.717, 1.165) is 11.7 Å². The van der Waals surface area contributed by atoms with Crippen molar-refractivity contribution in [2.45, 2.75) is 0 Å². The third-order valence-electron chi connectivity index (χ3n) is 3.70. The van der Waals surface area contributed by atoms with Crippen LogP contribution in [0.25, 0.3) is 21.9 Å². The Morgan fingerprint density at radius 2 is 1.81 bits per heavy atom. The van der Waals surface area contributed by atoms with Crippen LogP contribution in [0.4, 0.5) is 4.39 Å². The zero-order chi connectivity index (χ0) is 19.1. The number of guanidine groups is 1. The molecule has 0 radical (unpaired) electrons. The molecule has 0 amide bonds. The number of aliphatic imine (C=N–C) groups is 1. The lowest BCUT2D eigenvalue weighted by molar-refractivity contribution is 0.112. The van der Waals surface area contributed by atoms with Crippen LogP contribution in [-0.4, -0.2) is 19.3 Å². The van der Waals surface area contributed by atoms with E-state index >= 15 is 0 Å². The highest BCUT2D eigenvalue weighted by Gasteiger charge is 2.13. The molecule has 26 heavy (non-hydrogen) atoms. The van der Waals surface area contributed by atoms with Gasteiger partial charge in [0.25, 0.3) is 0 Å². The van der Waals surface area contributed by atoms with E-state index in [1.165, 1.54) is 13.1 Å². The predicted octanol–water partition coefficient (Wildman–Crippen LogP) is 3.22. The summed E-state index contributed by atoms with van der Waals surface area (Å²) in [5, 5.41) is 10.9. The molecule has 0 aliphatic carbocycles. The van der Waals surface area contributed by atoms with Gasteiger partial charge in [-0.05, 0) is 29.0 Å². The molecule has 0 bridgehead atoms. The lowest BCUT2D eigenvalue weighted by Gasteiger charge is -2.10. The van der Waals surface area contributed by atoms with Gasteiger partial charge < -0.3 is 11.5 Å². The smallest absolute Gasteiger partial charge is 0.185 e. The molecule has 5 nitrogen and oxygen atoms in total. The Labute approximate surface area is 150 Å². The van der Waals surface area contributed by atoms with Crippen LogP contribution >= 0.6 is 0 Å². The summed E-state index contributed by atoms with van der Waals surface area (Å²) in [4.78, 5) is 14.3. The predicted molar refractivity (Wildman–Crippen MR) is 101 cm³/mol. The summed E-state index contributed by atoms with van der Waals surface area (Å²) in [5.74, 6) is -0.261. The number of aldehydes is 1. The molecule has 0 saturated heterocycles. The minimum absolute atomic E-state index is 0.130. The first kappa shape index (κ1) is 18.6. The van der Waals surface area contributed by atoms with Gasteiger partial charge in [-0.25, -0.2) is 4.39 Å². The maximum Gasteiger partial charge on any atom is 0.185 e. The Morgan fingerprint density at radius 3 is 2.38 bits per heavy atom. The van der Waals surface area contributed by atoms with Crippen molar-refractivity contribution in [3.05, 3.63) is 71.5 Å². The molecule has 0 fully saturated rings. The maximum absolute atomic E-state index is 14.1. The zero-order valence-corrected chi connectivity index (χ0v) is 14.1. The van der Waals surface area contributed by atoms with Crippen LogP contribution in [0.15, 0.2) is 59.6 Å². The molecule has 0 atom stereocenters. The van der Waals surface area contributed by atoms with E-state index in [-0.39, 0.29) is 5.96 Å². The largest absolute Gasteiger partial charge is 0.370 e. The SMILES string of the molecule is CN=C(N)N.N#Cc1ccc2ccc(C=O)cc2c1-c1ccccc1F. The number of benzene rings is 3. The fourth-order valence-corrected chi connectivity index (χ4v) is 2.46. The van der Waals surface area contributed by atoms with Crippen LogP contribution in [0.2, 0.25) is 0 Å². The minimum Gasteiger partial charge on any atom is -0.370 e. The van der Waals surface area contributed by atoms with Crippen molar-refractivity contribution < 1.29 is 9.18 Å². The fourth-order valence-electron chi connectivity index (χ4n) is 2.46. The number of nitriles is 1. The number of carbonyl (C=O) groups is 1. The zero-order valence-electron chi connectivity index (χ0n) is 14.1. The molecule has 3 rings (SSSR count). The molecule has 0 aliphatic heterocycles. The lowest BCUT2D eigenvalue weighted by Crippen LogP contribution is -2.21. The van der Waals surface area contributed by atoms with E-state index in [1.807, 2.05) is 0 Å². The fraction of sp³-hybridized carbons (Fsp3) is 0.0500.